The molecule has 0 heterocycles. The zero-order valence-electron chi connectivity index (χ0n) is 19.7. The Morgan fingerprint density at radius 2 is 1.09 bits per heavy atom. The lowest BCUT2D eigenvalue weighted by atomic mass is 9.97. The van der Waals surface area contributed by atoms with Crippen LogP contribution in [-0.2, 0) is 24.2 Å². The van der Waals surface area contributed by atoms with E-state index in [0.29, 0.717) is 36.1 Å². The Bertz CT molecular complexity index is 1310. The van der Waals surface area contributed by atoms with Crippen molar-refractivity contribution in [2.45, 2.75) is 33.3 Å². The maximum Gasteiger partial charge on any atom is 0.167 e. The molecule has 0 fully saturated rings. The number of hydrogen-bond acceptors (Lipinski definition) is 1. The van der Waals surface area contributed by atoms with E-state index in [0.717, 1.165) is 11.1 Å². The number of hydrogen-bond donors (Lipinski definition) is 0. The maximum absolute atomic E-state index is 14.7. The Morgan fingerprint density at radius 1 is 0.571 bits per heavy atom. The summed E-state index contributed by atoms with van der Waals surface area (Å²) >= 11 is 0. The molecule has 1 nitrogen and oxygen atoms in total. The van der Waals surface area contributed by atoms with Crippen LogP contribution in [0.25, 0.3) is 22.3 Å². The topological polar surface area (TPSA) is 9.23 Å². The fourth-order valence-corrected chi connectivity index (χ4v) is 4.00. The summed E-state index contributed by atoms with van der Waals surface area (Å²) in [5.74, 6) is -3.52. The van der Waals surface area contributed by atoms with E-state index in [4.69, 9.17) is 4.74 Å². The van der Waals surface area contributed by atoms with Crippen molar-refractivity contribution in [2.24, 2.45) is 0 Å². The second-order valence-corrected chi connectivity index (χ2v) is 8.50. The molecule has 0 aromatic heterocycles. The van der Waals surface area contributed by atoms with Gasteiger partial charge in [-0.2, -0.15) is 0 Å². The molecule has 4 aromatic rings. The monoisotopic (exact) mass is 478 g/mol. The molecule has 0 spiro atoms. The molecule has 0 saturated carbocycles. The van der Waals surface area contributed by atoms with E-state index in [9.17, 15) is 17.6 Å². The SMILES string of the molecule is CCOCc1ccc(-c2ccc(CCc3ccc(-c4ccc(C)cc4)c(F)c3F)cc2)c(F)c1F. The van der Waals surface area contributed by atoms with Gasteiger partial charge in [0.1, 0.15) is 0 Å². The molecule has 0 radical (unpaired) electrons. The first-order valence-electron chi connectivity index (χ1n) is 11.6. The molecule has 0 bridgehead atoms. The van der Waals surface area contributed by atoms with Crippen LogP contribution in [0.4, 0.5) is 17.6 Å². The predicted octanol–water partition coefficient (Wildman–Crippen LogP) is 8.21. The van der Waals surface area contributed by atoms with Gasteiger partial charge in [-0.3, -0.25) is 0 Å². The first-order chi connectivity index (χ1) is 16.9. The Hall–Kier alpha value is -3.44. The lowest BCUT2D eigenvalue weighted by Gasteiger charge is -2.11. The smallest absolute Gasteiger partial charge is 0.167 e. The van der Waals surface area contributed by atoms with E-state index < -0.39 is 23.3 Å². The van der Waals surface area contributed by atoms with Crippen LogP contribution in [0.5, 0.6) is 0 Å². The molecule has 0 aliphatic carbocycles. The minimum absolute atomic E-state index is 0.0155. The molecular weight excluding hydrogens is 452 g/mol. The lowest BCUT2D eigenvalue weighted by molar-refractivity contribution is 0.131. The van der Waals surface area contributed by atoms with Gasteiger partial charge in [0.25, 0.3) is 0 Å². The second-order valence-electron chi connectivity index (χ2n) is 8.50. The highest BCUT2D eigenvalue weighted by Gasteiger charge is 2.16. The summed E-state index contributed by atoms with van der Waals surface area (Å²) in [6.45, 7) is 4.15. The highest BCUT2D eigenvalue weighted by molar-refractivity contribution is 5.66. The fourth-order valence-electron chi connectivity index (χ4n) is 4.00. The van der Waals surface area contributed by atoms with Crippen molar-refractivity contribution in [3.63, 3.8) is 0 Å². The largest absolute Gasteiger partial charge is 0.377 e. The van der Waals surface area contributed by atoms with Gasteiger partial charge in [-0.1, -0.05) is 78.4 Å². The molecule has 180 valence electrons. The van der Waals surface area contributed by atoms with Crippen LogP contribution >= 0.6 is 0 Å². The van der Waals surface area contributed by atoms with Gasteiger partial charge in [0.15, 0.2) is 23.3 Å². The number of halogens is 4. The Labute approximate surface area is 203 Å². The van der Waals surface area contributed by atoms with E-state index in [1.54, 1.807) is 55.5 Å². The van der Waals surface area contributed by atoms with Crippen LogP contribution < -0.4 is 0 Å². The van der Waals surface area contributed by atoms with Gasteiger partial charge >= 0.3 is 0 Å². The van der Waals surface area contributed by atoms with Crippen molar-refractivity contribution in [3.8, 4) is 22.3 Å². The van der Waals surface area contributed by atoms with E-state index in [-0.39, 0.29) is 23.3 Å². The third-order valence-electron chi connectivity index (χ3n) is 6.10. The summed E-state index contributed by atoms with van der Waals surface area (Å²) < 4.78 is 63.6. The normalized spacial score (nSPS) is 11.1. The van der Waals surface area contributed by atoms with Crippen LogP contribution in [0.3, 0.4) is 0 Å². The maximum atomic E-state index is 14.7. The van der Waals surface area contributed by atoms with E-state index in [1.807, 2.05) is 19.1 Å². The zero-order chi connectivity index (χ0) is 24.9. The average Bonchev–Trinajstić information content (AvgIpc) is 2.87. The molecule has 4 aromatic carbocycles. The number of rotatable bonds is 8. The molecule has 0 unspecified atom stereocenters. The quantitative estimate of drug-likeness (QED) is 0.232. The number of ether oxygens (including phenoxy) is 1. The fraction of sp³-hybridized carbons (Fsp3) is 0.200. The minimum atomic E-state index is -0.916. The van der Waals surface area contributed by atoms with Gasteiger partial charge in [-0.15, -0.1) is 0 Å². The number of aryl methyl sites for hydroxylation is 3. The lowest BCUT2D eigenvalue weighted by Crippen LogP contribution is -2.01. The van der Waals surface area contributed by atoms with Crippen molar-refractivity contribution in [1.82, 2.24) is 0 Å². The summed E-state index contributed by atoms with van der Waals surface area (Å²) in [5.41, 5.74) is 3.95. The van der Waals surface area contributed by atoms with Gasteiger partial charge in [0, 0.05) is 23.3 Å². The second kappa shape index (κ2) is 10.9. The molecule has 35 heavy (non-hydrogen) atoms. The summed E-state index contributed by atoms with van der Waals surface area (Å²) in [6, 6.07) is 20.5. The highest BCUT2D eigenvalue weighted by Crippen LogP contribution is 2.29. The first kappa shape index (κ1) is 24.7. The molecule has 5 heteroatoms. The molecule has 0 amide bonds. The summed E-state index contributed by atoms with van der Waals surface area (Å²) in [6.07, 6.45) is 0.788. The first-order valence-corrected chi connectivity index (χ1v) is 11.6. The molecular formula is C30H26F4O. The Kier molecular flexibility index (Phi) is 7.67. The Morgan fingerprint density at radius 3 is 1.66 bits per heavy atom. The standard InChI is InChI=1S/C30H26F4O/c1-3-35-18-24-15-17-26(30(34)28(24)32)22-11-6-20(7-12-22)8-13-23-14-16-25(29(33)27(23)31)21-9-4-19(2)5-10-21/h4-7,9-12,14-17H,3,8,13,18H2,1-2H3. The summed E-state index contributed by atoms with van der Waals surface area (Å²) in [4.78, 5) is 0. The van der Waals surface area contributed by atoms with E-state index in [2.05, 4.69) is 0 Å². The van der Waals surface area contributed by atoms with Crippen LogP contribution in [0.2, 0.25) is 0 Å². The number of benzene rings is 4. The van der Waals surface area contributed by atoms with E-state index in [1.165, 1.54) is 12.1 Å². The van der Waals surface area contributed by atoms with Crippen LogP contribution in [0.1, 0.15) is 29.2 Å². The summed E-state index contributed by atoms with van der Waals surface area (Å²) in [5, 5.41) is 0. The summed E-state index contributed by atoms with van der Waals surface area (Å²) in [7, 11) is 0. The van der Waals surface area contributed by atoms with Crippen LogP contribution in [0, 0.1) is 30.2 Å². The van der Waals surface area contributed by atoms with Gasteiger partial charge in [-0.05, 0) is 48.9 Å². The molecule has 0 N–H and O–H groups in total. The van der Waals surface area contributed by atoms with Gasteiger partial charge in [-0.25, -0.2) is 17.6 Å². The predicted molar refractivity (Wildman–Crippen MR) is 131 cm³/mol. The molecule has 0 aliphatic heterocycles. The molecule has 0 aliphatic rings. The van der Waals surface area contributed by atoms with Gasteiger partial charge < -0.3 is 4.74 Å². The van der Waals surface area contributed by atoms with Crippen molar-refractivity contribution >= 4 is 0 Å². The van der Waals surface area contributed by atoms with Crippen molar-refractivity contribution in [1.29, 1.82) is 0 Å². The Balaban J connectivity index is 1.47. The van der Waals surface area contributed by atoms with E-state index >= 15 is 0 Å². The molecule has 0 atom stereocenters. The van der Waals surface area contributed by atoms with Gasteiger partial charge in [0.05, 0.1) is 6.61 Å². The van der Waals surface area contributed by atoms with Crippen molar-refractivity contribution < 1.29 is 22.3 Å². The third kappa shape index (κ3) is 5.46. The van der Waals surface area contributed by atoms with Gasteiger partial charge in [0.2, 0.25) is 0 Å². The zero-order valence-corrected chi connectivity index (χ0v) is 19.7. The molecule has 4 rings (SSSR count). The highest BCUT2D eigenvalue weighted by atomic mass is 19.2. The van der Waals surface area contributed by atoms with Crippen molar-refractivity contribution in [2.75, 3.05) is 6.61 Å². The third-order valence-corrected chi connectivity index (χ3v) is 6.10. The minimum Gasteiger partial charge on any atom is -0.377 e. The molecule has 0 saturated heterocycles. The van der Waals surface area contributed by atoms with Crippen LogP contribution in [0.15, 0.2) is 72.8 Å². The average molecular weight is 479 g/mol. The van der Waals surface area contributed by atoms with Crippen LogP contribution in [-0.4, -0.2) is 6.61 Å². The van der Waals surface area contributed by atoms with Crippen molar-refractivity contribution in [3.05, 3.63) is 118 Å².